The molecule has 0 saturated carbocycles. The highest BCUT2D eigenvalue weighted by molar-refractivity contribution is 9.10. The number of hydrogen-bond donors (Lipinski definition) is 4. The monoisotopic (exact) mass is 513 g/mol. The smallest absolute Gasteiger partial charge is 0.408 e. The topological polar surface area (TPSA) is 127 Å². The second-order valence-electron chi connectivity index (χ2n) is 8.12. The average Bonchev–Trinajstić information content (AvgIpc) is 3.43. The predicted octanol–water partition coefficient (Wildman–Crippen LogP) is 2.98. The molecule has 0 aliphatic carbocycles. The molecule has 1 aliphatic rings. The molecule has 0 bridgehead atoms. The number of rotatable bonds is 6. The maximum absolute atomic E-state index is 12.9. The van der Waals surface area contributed by atoms with Gasteiger partial charge in [-0.3, -0.25) is 19.5 Å². The van der Waals surface area contributed by atoms with Crippen molar-refractivity contribution in [1.82, 2.24) is 25.5 Å². The summed E-state index contributed by atoms with van der Waals surface area (Å²) in [5.41, 5.74) is 2.63. The van der Waals surface area contributed by atoms with Gasteiger partial charge < -0.3 is 20.7 Å². The number of carbonyl (C=O) groups is 3. The third-order valence-corrected chi connectivity index (χ3v) is 6.51. The van der Waals surface area contributed by atoms with Crippen LogP contribution in [0.5, 0.6) is 0 Å². The van der Waals surface area contributed by atoms with Crippen molar-refractivity contribution in [2.75, 3.05) is 6.54 Å². The van der Waals surface area contributed by atoms with Crippen molar-refractivity contribution in [3.05, 3.63) is 64.5 Å². The zero-order chi connectivity index (χ0) is 23.5. The van der Waals surface area contributed by atoms with E-state index in [-0.39, 0.29) is 24.9 Å². The maximum atomic E-state index is 12.9. The van der Waals surface area contributed by atoms with Gasteiger partial charge in [-0.05, 0) is 40.9 Å². The summed E-state index contributed by atoms with van der Waals surface area (Å²) in [4.78, 5) is 45.6. The summed E-state index contributed by atoms with van der Waals surface area (Å²) in [6.45, 7) is 2.07. The van der Waals surface area contributed by atoms with Crippen molar-refractivity contribution in [3.8, 4) is 0 Å². The summed E-state index contributed by atoms with van der Waals surface area (Å²) in [6.07, 6.45) is 2.62. The van der Waals surface area contributed by atoms with E-state index in [0.29, 0.717) is 6.42 Å². The number of carbonyl (C=O) groups excluding carboxylic acids is 2. The summed E-state index contributed by atoms with van der Waals surface area (Å²) >= 11 is 3.44. The highest BCUT2D eigenvalue weighted by Gasteiger charge is 2.40. The Morgan fingerprint density at radius 1 is 1.27 bits per heavy atom. The number of hydrogen-bond acceptors (Lipinski definition) is 4. The molecule has 33 heavy (non-hydrogen) atoms. The molecular weight excluding hydrogens is 490 g/mol. The summed E-state index contributed by atoms with van der Waals surface area (Å²) in [6, 6.07) is 9.79. The van der Waals surface area contributed by atoms with E-state index in [1.165, 1.54) is 0 Å². The summed E-state index contributed by atoms with van der Waals surface area (Å²) in [5.74, 6) is -0.907. The maximum Gasteiger partial charge on any atom is 0.408 e. The van der Waals surface area contributed by atoms with Gasteiger partial charge in [-0.2, -0.15) is 0 Å². The number of nitrogens with zero attached hydrogens (tertiary/aromatic N) is 2. The fourth-order valence-electron chi connectivity index (χ4n) is 4.14. The van der Waals surface area contributed by atoms with Gasteiger partial charge in [-0.1, -0.05) is 30.3 Å². The van der Waals surface area contributed by atoms with Gasteiger partial charge in [0.25, 0.3) is 0 Å². The number of aromatic amines is 1. The van der Waals surface area contributed by atoms with Crippen LogP contribution in [0.25, 0.3) is 10.9 Å². The van der Waals surface area contributed by atoms with E-state index in [1.807, 2.05) is 36.4 Å². The zero-order valence-corrected chi connectivity index (χ0v) is 19.5. The van der Waals surface area contributed by atoms with Crippen LogP contribution in [0.3, 0.4) is 0 Å². The molecule has 1 saturated heterocycles. The van der Waals surface area contributed by atoms with Gasteiger partial charge in [-0.15, -0.1) is 0 Å². The molecule has 0 spiro atoms. The van der Waals surface area contributed by atoms with Gasteiger partial charge in [0.2, 0.25) is 11.8 Å². The Morgan fingerprint density at radius 2 is 2.03 bits per heavy atom. The van der Waals surface area contributed by atoms with E-state index >= 15 is 0 Å². The van der Waals surface area contributed by atoms with Crippen molar-refractivity contribution < 1.29 is 19.5 Å². The third kappa shape index (κ3) is 5.00. The SMILES string of the molecule is C[C@H](NC(=O)[C@H]1C[C@H](c2ccccc2)CN1C(=O)O)C(=O)NCc1cc2c(Br)cncc2[nH]1. The van der Waals surface area contributed by atoms with Crippen molar-refractivity contribution >= 4 is 44.7 Å². The number of pyridine rings is 1. The Labute approximate surface area is 198 Å². The number of fused-ring (bicyclic) bond motifs is 1. The Morgan fingerprint density at radius 3 is 2.73 bits per heavy atom. The number of nitrogens with one attached hydrogen (secondary N) is 3. The first-order valence-corrected chi connectivity index (χ1v) is 11.4. The first-order valence-electron chi connectivity index (χ1n) is 10.6. The molecule has 9 nitrogen and oxygen atoms in total. The van der Waals surface area contributed by atoms with Crippen LogP contribution < -0.4 is 10.6 Å². The minimum Gasteiger partial charge on any atom is -0.465 e. The molecule has 0 radical (unpaired) electrons. The molecule has 1 aliphatic heterocycles. The van der Waals surface area contributed by atoms with Gasteiger partial charge in [0.15, 0.2) is 0 Å². The zero-order valence-electron chi connectivity index (χ0n) is 17.9. The Hall–Kier alpha value is -3.40. The van der Waals surface area contributed by atoms with Crippen LogP contribution in [0, 0.1) is 0 Å². The van der Waals surface area contributed by atoms with Crippen LogP contribution in [0.4, 0.5) is 4.79 Å². The molecule has 3 amide bonds. The summed E-state index contributed by atoms with van der Waals surface area (Å²) in [5, 5.41) is 16.0. The van der Waals surface area contributed by atoms with Crippen LogP contribution in [0.15, 0.2) is 53.3 Å². The van der Waals surface area contributed by atoms with Crippen LogP contribution in [0.1, 0.15) is 30.5 Å². The molecule has 1 fully saturated rings. The molecule has 3 aromatic rings. The van der Waals surface area contributed by atoms with Gasteiger partial charge in [0.05, 0.1) is 18.3 Å². The molecule has 10 heteroatoms. The molecule has 1 aromatic carbocycles. The second kappa shape index (κ2) is 9.62. The average molecular weight is 514 g/mol. The van der Waals surface area contributed by atoms with Gasteiger partial charge in [0.1, 0.15) is 12.1 Å². The molecule has 3 atom stereocenters. The molecule has 0 unspecified atom stereocenters. The van der Waals surface area contributed by atoms with E-state index in [9.17, 15) is 19.5 Å². The Kier molecular flexibility index (Phi) is 6.64. The molecule has 2 aromatic heterocycles. The van der Waals surface area contributed by atoms with Crippen molar-refractivity contribution in [3.63, 3.8) is 0 Å². The molecule has 172 valence electrons. The number of amides is 3. The number of aromatic nitrogens is 2. The number of carboxylic acid groups (broad SMARTS) is 1. The minimum absolute atomic E-state index is 0.0713. The minimum atomic E-state index is -1.15. The largest absolute Gasteiger partial charge is 0.465 e. The van der Waals surface area contributed by atoms with Gasteiger partial charge in [0, 0.05) is 34.2 Å². The van der Waals surface area contributed by atoms with E-state index in [2.05, 4.69) is 36.5 Å². The predicted molar refractivity (Wildman–Crippen MR) is 126 cm³/mol. The van der Waals surface area contributed by atoms with E-state index in [1.54, 1.807) is 19.3 Å². The number of likely N-dealkylation sites (tertiary alicyclic amines) is 1. The number of H-pyrrole nitrogens is 1. The Balaban J connectivity index is 1.35. The van der Waals surface area contributed by atoms with E-state index < -0.39 is 24.1 Å². The van der Waals surface area contributed by atoms with Crippen molar-refractivity contribution in [2.45, 2.75) is 37.9 Å². The van der Waals surface area contributed by atoms with E-state index in [4.69, 9.17) is 0 Å². The first kappa shape index (κ1) is 22.8. The molecule has 4 N–H and O–H groups in total. The highest BCUT2D eigenvalue weighted by atomic mass is 79.9. The van der Waals surface area contributed by atoms with Crippen molar-refractivity contribution in [1.29, 1.82) is 0 Å². The normalized spacial score (nSPS) is 18.8. The van der Waals surface area contributed by atoms with Crippen LogP contribution in [0.2, 0.25) is 0 Å². The van der Waals surface area contributed by atoms with E-state index in [0.717, 1.165) is 31.5 Å². The fraction of sp³-hybridized carbons (Fsp3) is 0.304. The lowest BCUT2D eigenvalue weighted by molar-refractivity contribution is -0.130. The lowest BCUT2D eigenvalue weighted by atomic mass is 9.96. The van der Waals surface area contributed by atoms with Gasteiger partial charge >= 0.3 is 6.09 Å². The highest BCUT2D eigenvalue weighted by Crippen LogP contribution is 2.32. The van der Waals surface area contributed by atoms with Crippen LogP contribution in [-0.2, 0) is 16.1 Å². The second-order valence-corrected chi connectivity index (χ2v) is 8.97. The Bertz CT molecular complexity index is 1180. The molecule has 4 rings (SSSR count). The fourth-order valence-corrected chi connectivity index (χ4v) is 4.59. The molecular formula is C23H24BrN5O4. The van der Waals surface area contributed by atoms with Crippen LogP contribution in [-0.4, -0.2) is 56.5 Å². The lowest BCUT2D eigenvalue weighted by Gasteiger charge is -2.22. The third-order valence-electron chi connectivity index (χ3n) is 5.88. The summed E-state index contributed by atoms with van der Waals surface area (Å²) < 4.78 is 0.850. The quantitative estimate of drug-likeness (QED) is 0.402. The lowest BCUT2D eigenvalue weighted by Crippen LogP contribution is -2.51. The summed E-state index contributed by atoms with van der Waals surface area (Å²) in [7, 11) is 0. The van der Waals surface area contributed by atoms with Crippen molar-refractivity contribution in [2.24, 2.45) is 0 Å². The van der Waals surface area contributed by atoms with Crippen LogP contribution >= 0.6 is 15.9 Å². The number of benzene rings is 1. The molecule has 3 heterocycles. The number of halogens is 1. The van der Waals surface area contributed by atoms with Gasteiger partial charge in [-0.25, -0.2) is 4.79 Å². The first-order chi connectivity index (χ1) is 15.8. The standard InChI is InChI=1S/C23H24BrN5O4/c1-13(21(30)26-9-16-8-17-18(24)10-25-11-19(17)28-16)27-22(31)20-7-15(12-29(20)23(32)33)14-5-3-2-4-6-14/h2-6,8,10-11,13,15,20,28H,7,9,12H2,1H3,(H,26,30)(H,27,31)(H,32,33)/t13-,15-,20+/m0/s1.